The van der Waals surface area contributed by atoms with E-state index in [1.165, 1.54) is 13.2 Å². The van der Waals surface area contributed by atoms with Gasteiger partial charge in [0, 0.05) is 30.9 Å². The molecule has 0 aliphatic rings. The molecule has 0 saturated heterocycles. The fourth-order valence-corrected chi connectivity index (χ4v) is 1.41. The van der Waals surface area contributed by atoms with Crippen LogP contribution in [0.5, 0.6) is 5.75 Å². The van der Waals surface area contributed by atoms with E-state index in [0.29, 0.717) is 0 Å². The number of nitro groups is 1. The molecule has 1 atom stereocenters. The summed E-state index contributed by atoms with van der Waals surface area (Å²) in [5, 5.41) is 19.8. The molecule has 1 aromatic rings. The molecule has 0 aliphatic heterocycles. The molecule has 0 aliphatic carbocycles. The number of nitrogens with zero attached hydrogens (tertiary/aromatic N) is 2. The van der Waals surface area contributed by atoms with Crippen LogP contribution in [0.3, 0.4) is 0 Å². The highest BCUT2D eigenvalue weighted by Gasteiger charge is 2.17. The summed E-state index contributed by atoms with van der Waals surface area (Å²) >= 11 is 0. The molecule has 6 nitrogen and oxygen atoms in total. The second kappa shape index (κ2) is 5.49. The molecule has 0 spiro atoms. The van der Waals surface area contributed by atoms with Crippen molar-refractivity contribution in [3.8, 4) is 5.75 Å². The molecule has 1 rings (SSSR count). The second-order valence-corrected chi connectivity index (χ2v) is 3.76. The maximum atomic E-state index is 10.7. The molecule has 1 unspecified atom stereocenters. The normalized spacial score (nSPS) is 12.0. The lowest BCUT2D eigenvalue weighted by Crippen LogP contribution is -2.31. The lowest BCUT2D eigenvalue weighted by atomic mass is 10.2. The zero-order chi connectivity index (χ0) is 13.0. The maximum absolute atomic E-state index is 10.7. The minimum absolute atomic E-state index is 0.00973. The number of hydrogen-bond acceptors (Lipinski definition) is 5. The van der Waals surface area contributed by atoms with Crippen LogP contribution in [0, 0.1) is 10.1 Å². The lowest BCUT2D eigenvalue weighted by Gasteiger charge is -2.25. The number of rotatable bonds is 5. The van der Waals surface area contributed by atoms with Gasteiger partial charge in [-0.15, -0.1) is 0 Å². The van der Waals surface area contributed by atoms with Gasteiger partial charge >= 0.3 is 5.69 Å². The Balaban J connectivity index is 3.09. The van der Waals surface area contributed by atoms with Crippen LogP contribution in [0.15, 0.2) is 18.2 Å². The third-order valence-electron chi connectivity index (χ3n) is 2.69. The highest BCUT2D eigenvalue weighted by molar-refractivity contribution is 5.59. The first kappa shape index (κ1) is 13.2. The van der Waals surface area contributed by atoms with Crippen molar-refractivity contribution in [1.82, 2.24) is 0 Å². The Kier molecular flexibility index (Phi) is 4.28. The predicted octanol–water partition coefficient (Wildman–Crippen LogP) is 1.42. The minimum Gasteiger partial charge on any atom is -0.490 e. The molecular formula is C11H16N2O4. The first-order chi connectivity index (χ1) is 8.01. The third kappa shape index (κ3) is 2.85. The zero-order valence-corrected chi connectivity index (χ0v) is 10.1. The highest BCUT2D eigenvalue weighted by atomic mass is 16.6. The molecule has 0 heterocycles. The first-order valence-electron chi connectivity index (χ1n) is 5.17. The molecule has 1 aromatic carbocycles. The number of hydrogen-bond donors (Lipinski definition) is 1. The number of ether oxygens (including phenoxy) is 1. The molecule has 0 saturated carbocycles. The van der Waals surface area contributed by atoms with Crippen molar-refractivity contribution in [2.24, 2.45) is 0 Å². The van der Waals surface area contributed by atoms with E-state index in [0.717, 1.165) is 5.69 Å². The van der Waals surface area contributed by atoms with Gasteiger partial charge in [-0.2, -0.15) is 0 Å². The highest BCUT2D eigenvalue weighted by Crippen LogP contribution is 2.31. The van der Waals surface area contributed by atoms with Crippen LogP contribution in [0.1, 0.15) is 6.92 Å². The number of aliphatic hydroxyl groups excluding tert-OH is 1. The van der Waals surface area contributed by atoms with Crippen LogP contribution in [0.2, 0.25) is 0 Å². The van der Waals surface area contributed by atoms with Crippen molar-refractivity contribution in [3.05, 3.63) is 28.3 Å². The van der Waals surface area contributed by atoms with E-state index >= 15 is 0 Å². The Morgan fingerprint density at radius 3 is 2.71 bits per heavy atom. The summed E-state index contributed by atoms with van der Waals surface area (Å²) in [5.74, 6) is 0.212. The molecule has 0 amide bonds. The number of benzene rings is 1. The average Bonchev–Trinajstić information content (AvgIpc) is 2.35. The molecule has 0 bridgehead atoms. The van der Waals surface area contributed by atoms with Crippen molar-refractivity contribution in [1.29, 1.82) is 0 Å². The van der Waals surface area contributed by atoms with E-state index in [-0.39, 0.29) is 24.1 Å². The number of likely N-dealkylation sites (N-methyl/N-ethyl adjacent to an activating group) is 1. The van der Waals surface area contributed by atoms with E-state index in [1.807, 2.05) is 18.9 Å². The number of anilines is 1. The molecule has 0 fully saturated rings. The Morgan fingerprint density at radius 1 is 1.59 bits per heavy atom. The van der Waals surface area contributed by atoms with Crippen molar-refractivity contribution >= 4 is 11.4 Å². The lowest BCUT2D eigenvalue weighted by molar-refractivity contribution is -0.385. The second-order valence-electron chi connectivity index (χ2n) is 3.76. The van der Waals surface area contributed by atoms with Crippen LogP contribution in [-0.4, -0.2) is 36.8 Å². The van der Waals surface area contributed by atoms with E-state index in [1.54, 1.807) is 12.1 Å². The Hall–Kier alpha value is -1.82. The molecular weight excluding hydrogens is 224 g/mol. The van der Waals surface area contributed by atoms with Crippen LogP contribution in [0.4, 0.5) is 11.4 Å². The van der Waals surface area contributed by atoms with Crippen LogP contribution in [-0.2, 0) is 0 Å². The molecule has 17 heavy (non-hydrogen) atoms. The van der Waals surface area contributed by atoms with Gasteiger partial charge in [0.25, 0.3) is 0 Å². The number of aliphatic hydroxyl groups is 1. The Morgan fingerprint density at radius 2 is 2.24 bits per heavy atom. The van der Waals surface area contributed by atoms with Crippen LogP contribution in [0.25, 0.3) is 0 Å². The SMILES string of the molecule is COc1cc(N(C)C(C)CO)ccc1[N+](=O)[O-]. The largest absolute Gasteiger partial charge is 0.490 e. The van der Waals surface area contributed by atoms with Crippen LogP contribution >= 0.6 is 0 Å². The van der Waals surface area contributed by atoms with Gasteiger partial charge in [0.15, 0.2) is 5.75 Å². The summed E-state index contributed by atoms with van der Waals surface area (Å²) in [7, 11) is 3.20. The van der Waals surface area contributed by atoms with Gasteiger partial charge in [0.05, 0.1) is 18.6 Å². The molecule has 0 radical (unpaired) electrons. The summed E-state index contributed by atoms with van der Waals surface area (Å²) in [6.07, 6.45) is 0. The van der Waals surface area contributed by atoms with Crippen molar-refractivity contribution in [3.63, 3.8) is 0 Å². The molecule has 1 N–H and O–H groups in total. The van der Waals surface area contributed by atoms with Crippen molar-refractivity contribution in [2.75, 3.05) is 25.7 Å². The van der Waals surface area contributed by atoms with E-state index in [4.69, 9.17) is 9.84 Å². The zero-order valence-electron chi connectivity index (χ0n) is 10.1. The molecule has 0 aromatic heterocycles. The van der Waals surface area contributed by atoms with E-state index in [2.05, 4.69) is 0 Å². The fraction of sp³-hybridized carbons (Fsp3) is 0.455. The van der Waals surface area contributed by atoms with Crippen molar-refractivity contribution < 1.29 is 14.8 Å². The van der Waals surface area contributed by atoms with Gasteiger partial charge in [-0.05, 0) is 13.0 Å². The summed E-state index contributed by atoms with van der Waals surface area (Å²) < 4.78 is 4.98. The Bertz CT molecular complexity index is 408. The van der Waals surface area contributed by atoms with Gasteiger partial charge in [0.2, 0.25) is 0 Å². The number of nitro benzene ring substituents is 1. The summed E-state index contributed by atoms with van der Waals surface area (Å²) in [5.41, 5.74) is 0.690. The topological polar surface area (TPSA) is 75.8 Å². The van der Waals surface area contributed by atoms with Crippen molar-refractivity contribution in [2.45, 2.75) is 13.0 Å². The van der Waals surface area contributed by atoms with Gasteiger partial charge in [-0.25, -0.2) is 0 Å². The van der Waals surface area contributed by atoms with Gasteiger partial charge in [0.1, 0.15) is 0 Å². The first-order valence-corrected chi connectivity index (χ1v) is 5.17. The third-order valence-corrected chi connectivity index (χ3v) is 2.69. The van der Waals surface area contributed by atoms with E-state index in [9.17, 15) is 10.1 Å². The van der Waals surface area contributed by atoms with Gasteiger partial charge in [-0.1, -0.05) is 0 Å². The van der Waals surface area contributed by atoms with Crippen LogP contribution < -0.4 is 9.64 Å². The average molecular weight is 240 g/mol. The predicted molar refractivity (Wildman–Crippen MR) is 64.6 cm³/mol. The van der Waals surface area contributed by atoms with Gasteiger partial charge in [-0.3, -0.25) is 10.1 Å². The molecule has 94 valence electrons. The summed E-state index contributed by atoms with van der Waals surface area (Å²) in [6, 6.07) is 4.55. The minimum atomic E-state index is -0.488. The smallest absolute Gasteiger partial charge is 0.311 e. The number of methoxy groups -OCH3 is 1. The fourth-order valence-electron chi connectivity index (χ4n) is 1.41. The summed E-state index contributed by atoms with van der Waals surface area (Å²) in [6.45, 7) is 1.86. The quantitative estimate of drug-likeness (QED) is 0.622. The van der Waals surface area contributed by atoms with E-state index < -0.39 is 4.92 Å². The summed E-state index contributed by atoms with van der Waals surface area (Å²) in [4.78, 5) is 12.1. The maximum Gasteiger partial charge on any atom is 0.311 e. The standard InChI is InChI=1S/C11H16N2O4/c1-8(7-14)12(2)9-4-5-10(13(15)16)11(6-9)17-3/h4-6,8,14H,7H2,1-3H3. The monoisotopic (exact) mass is 240 g/mol. The van der Waals surface area contributed by atoms with Gasteiger partial charge < -0.3 is 14.7 Å². The molecule has 6 heteroatoms. The Labute approximate surface area is 99.6 Å².